The lowest BCUT2D eigenvalue weighted by Gasteiger charge is -2.26. The molecule has 0 radical (unpaired) electrons. The van der Waals surface area contributed by atoms with E-state index in [9.17, 15) is 9.90 Å². The summed E-state index contributed by atoms with van der Waals surface area (Å²) in [6.07, 6.45) is 2.18. The van der Waals surface area contributed by atoms with Gasteiger partial charge in [0.1, 0.15) is 0 Å². The Kier molecular flexibility index (Phi) is 4.12. The third kappa shape index (κ3) is 2.89. The second kappa shape index (κ2) is 6.03. The van der Waals surface area contributed by atoms with Crippen molar-refractivity contribution in [1.82, 2.24) is 4.90 Å². The van der Waals surface area contributed by atoms with Crippen LogP contribution in [0.1, 0.15) is 36.5 Å². The molecule has 3 rings (SSSR count). The quantitative estimate of drug-likeness (QED) is 0.839. The number of β-amino-alcohol motifs (C(OH)–C–C–N with tert-alkyl or cyclic N) is 1. The Morgan fingerprint density at radius 1 is 1.43 bits per heavy atom. The van der Waals surface area contributed by atoms with Crippen LogP contribution < -0.4 is 9.47 Å². The number of ketones is 1. The van der Waals surface area contributed by atoms with Crippen LogP contribution in [0.3, 0.4) is 0 Å². The lowest BCUT2D eigenvalue weighted by Crippen LogP contribution is -2.40. The van der Waals surface area contributed by atoms with Crippen molar-refractivity contribution in [1.29, 1.82) is 0 Å². The van der Waals surface area contributed by atoms with Gasteiger partial charge in [-0.25, -0.2) is 0 Å². The van der Waals surface area contributed by atoms with E-state index >= 15 is 0 Å². The van der Waals surface area contributed by atoms with Crippen LogP contribution in [0.5, 0.6) is 11.5 Å². The van der Waals surface area contributed by atoms with Gasteiger partial charge in [0.05, 0.1) is 12.1 Å². The summed E-state index contributed by atoms with van der Waals surface area (Å²) in [4.78, 5) is 14.9. The lowest BCUT2D eigenvalue weighted by atomic mass is 9.99. The van der Waals surface area contributed by atoms with Crippen molar-refractivity contribution < 1.29 is 19.4 Å². The summed E-state index contributed by atoms with van der Waals surface area (Å²) < 4.78 is 10.6. The zero-order valence-electron chi connectivity index (χ0n) is 12.2. The van der Waals surface area contributed by atoms with Crippen molar-refractivity contribution >= 4 is 5.78 Å². The molecule has 2 atom stereocenters. The topological polar surface area (TPSA) is 59.0 Å². The highest BCUT2D eigenvalue weighted by molar-refractivity contribution is 6.00. The number of carbonyl (C=O) groups excluding carboxylic acids is 1. The molecule has 1 fully saturated rings. The van der Waals surface area contributed by atoms with Crippen LogP contribution in [0.4, 0.5) is 0 Å². The highest BCUT2D eigenvalue weighted by Gasteiger charge is 2.32. The van der Waals surface area contributed by atoms with Crippen molar-refractivity contribution in [2.24, 2.45) is 0 Å². The molecule has 0 aromatic heterocycles. The first kappa shape index (κ1) is 14.4. The fraction of sp³-hybridized carbons (Fsp3) is 0.562. The van der Waals surface area contributed by atoms with Gasteiger partial charge in [0, 0.05) is 18.7 Å². The molecule has 0 saturated carbocycles. The Hall–Kier alpha value is -1.59. The van der Waals surface area contributed by atoms with Gasteiger partial charge in [-0.3, -0.25) is 9.69 Å². The second-order valence-electron chi connectivity index (χ2n) is 5.67. The number of ether oxygens (including phenoxy) is 2. The third-order valence-electron chi connectivity index (χ3n) is 4.16. The zero-order chi connectivity index (χ0) is 14.8. The Morgan fingerprint density at radius 3 is 2.95 bits per heavy atom. The molecule has 1 saturated heterocycles. The van der Waals surface area contributed by atoms with Crippen LogP contribution in [0.2, 0.25) is 0 Å². The zero-order valence-corrected chi connectivity index (χ0v) is 12.2. The highest BCUT2D eigenvalue weighted by atomic mass is 16.7. The predicted octanol–water partition coefficient (Wildman–Crippen LogP) is 1.83. The Balaban J connectivity index is 1.80. The SMILES string of the molecule is CCCC(C(=O)c1ccc2c(c1)OCO2)N1CCC(O)C1. The molecule has 1 N–H and O–H groups in total. The van der Waals surface area contributed by atoms with E-state index in [2.05, 4.69) is 11.8 Å². The maximum Gasteiger partial charge on any atom is 0.231 e. The van der Waals surface area contributed by atoms with Crippen molar-refractivity contribution in [2.45, 2.75) is 38.3 Å². The predicted molar refractivity (Wildman–Crippen MR) is 77.8 cm³/mol. The van der Waals surface area contributed by atoms with Gasteiger partial charge in [-0.2, -0.15) is 0 Å². The van der Waals surface area contributed by atoms with E-state index in [0.717, 1.165) is 25.8 Å². The van der Waals surface area contributed by atoms with Crippen LogP contribution in [-0.4, -0.2) is 47.8 Å². The maximum atomic E-state index is 12.8. The molecule has 1 aromatic rings. The van der Waals surface area contributed by atoms with Crippen LogP contribution in [0, 0.1) is 0 Å². The van der Waals surface area contributed by atoms with E-state index in [4.69, 9.17) is 9.47 Å². The Labute approximate surface area is 124 Å². The number of likely N-dealkylation sites (tertiary alicyclic amines) is 1. The third-order valence-corrected chi connectivity index (χ3v) is 4.16. The molecule has 5 nitrogen and oxygen atoms in total. The summed E-state index contributed by atoms with van der Waals surface area (Å²) in [7, 11) is 0. The molecule has 114 valence electrons. The normalized spacial score (nSPS) is 22.5. The first-order chi connectivity index (χ1) is 10.2. The van der Waals surface area contributed by atoms with Crippen LogP contribution >= 0.6 is 0 Å². The van der Waals surface area contributed by atoms with Crippen LogP contribution in [0.15, 0.2) is 18.2 Å². The molecule has 2 aliphatic heterocycles. The number of aliphatic hydroxyl groups excluding tert-OH is 1. The first-order valence-corrected chi connectivity index (χ1v) is 7.55. The number of aliphatic hydroxyl groups is 1. The van der Waals surface area contributed by atoms with Gasteiger partial charge in [-0.05, 0) is 31.0 Å². The fourth-order valence-electron chi connectivity index (χ4n) is 3.05. The second-order valence-corrected chi connectivity index (χ2v) is 5.67. The Bertz CT molecular complexity index is 531. The van der Waals surface area contributed by atoms with Gasteiger partial charge in [0.15, 0.2) is 17.3 Å². The molecule has 2 unspecified atom stereocenters. The smallest absolute Gasteiger partial charge is 0.231 e. The van der Waals surface area contributed by atoms with Crippen LogP contribution in [0.25, 0.3) is 0 Å². The number of fused-ring (bicyclic) bond motifs is 1. The average Bonchev–Trinajstić information content (AvgIpc) is 3.11. The molecule has 0 aliphatic carbocycles. The summed E-state index contributed by atoms with van der Waals surface area (Å²) >= 11 is 0. The molecule has 21 heavy (non-hydrogen) atoms. The monoisotopic (exact) mass is 291 g/mol. The molecular weight excluding hydrogens is 270 g/mol. The Morgan fingerprint density at radius 2 is 2.24 bits per heavy atom. The van der Waals surface area contributed by atoms with Gasteiger partial charge in [-0.15, -0.1) is 0 Å². The summed E-state index contributed by atoms with van der Waals surface area (Å²) in [5.41, 5.74) is 0.652. The molecule has 2 heterocycles. The van der Waals surface area contributed by atoms with E-state index in [1.807, 2.05) is 0 Å². The number of hydrogen-bond donors (Lipinski definition) is 1. The number of carbonyl (C=O) groups is 1. The summed E-state index contributed by atoms with van der Waals surface area (Å²) in [5.74, 6) is 1.43. The number of nitrogens with zero attached hydrogens (tertiary/aromatic N) is 1. The summed E-state index contributed by atoms with van der Waals surface area (Å²) in [6, 6.07) is 5.19. The molecule has 2 aliphatic rings. The van der Waals surface area contributed by atoms with E-state index < -0.39 is 0 Å². The van der Waals surface area contributed by atoms with Gasteiger partial charge >= 0.3 is 0 Å². The maximum absolute atomic E-state index is 12.8. The fourth-order valence-corrected chi connectivity index (χ4v) is 3.05. The minimum absolute atomic E-state index is 0.101. The summed E-state index contributed by atoms with van der Waals surface area (Å²) in [6.45, 7) is 3.65. The lowest BCUT2D eigenvalue weighted by molar-refractivity contribution is 0.0813. The van der Waals surface area contributed by atoms with Gasteiger partial charge in [0.25, 0.3) is 0 Å². The van der Waals surface area contributed by atoms with Crippen LogP contribution in [-0.2, 0) is 0 Å². The minimum Gasteiger partial charge on any atom is -0.454 e. The van der Waals surface area contributed by atoms with Crippen molar-refractivity contribution in [3.8, 4) is 11.5 Å². The molecule has 1 aromatic carbocycles. The van der Waals surface area contributed by atoms with Gasteiger partial charge in [0.2, 0.25) is 6.79 Å². The first-order valence-electron chi connectivity index (χ1n) is 7.55. The van der Waals surface area contributed by atoms with Crippen molar-refractivity contribution in [2.75, 3.05) is 19.9 Å². The van der Waals surface area contributed by atoms with Crippen molar-refractivity contribution in [3.05, 3.63) is 23.8 Å². The van der Waals surface area contributed by atoms with E-state index in [1.165, 1.54) is 0 Å². The standard InChI is InChI=1S/C16H21NO4/c1-2-3-13(17-7-6-12(18)9-17)16(19)11-4-5-14-15(8-11)21-10-20-14/h4-5,8,12-13,18H,2-3,6-7,9-10H2,1H3. The van der Waals surface area contributed by atoms with Gasteiger partial charge < -0.3 is 14.6 Å². The van der Waals surface area contributed by atoms with Crippen molar-refractivity contribution in [3.63, 3.8) is 0 Å². The van der Waals surface area contributed by atoms with E-state index in [1.54, 1.807) is 18.2 Å². The highest BCUT2D eigenvalue weighted by Crippen LogP contribution is 2.33. The molecular formula is C16H21NO4. The number of Topliss-reactive ketones (excluding diaryl/α,β-unsaturated/α-hetero) is 1. The molecule has 0 amide bonds. The number of benzene rings is 1. The average molecular weight is 291 g/mol. The van der Waals surface area contributed by atoms with Gasteiger partial charge in [-0.1, -0.05) is 13.3 Å². The molecule has 5 heteroatoms. The number of hydrogen-bond acceptors (Lipinski definition) is 5. The molecule has 0 bridgehead atoms. The minimum atomic E-state index is -0.311. The van der Waals surface area contributed by atoms with E-state index in [0.29, 0.717) is 23.6 Å². The molecule has 0 spiro atoms. The van der Waals surface area contributed by atoms with E-state index in [-0.39, 0.29) is 24.7 Å². The largest absolute Gasteiger partial charge is 0.454 e. The number of rotatable bonds is 5. The summed E-state index contributed by atoms with van der Waals surface area (Å²) in [5, 5.41) is 9.71.